The molecule has 2 aromatic rings. The first-order chi connectivity index (χ1) is 17.4. The number of ether oxygens (including phenoxy) is 3. The number of rotatable bonds is 6. The van der Waals surface area contributed by atoms with Crippen molar-refractivity contribution in [2.75, 3.05) is 33.6 Å². The number of fused-ring (bicyclic) bond motifs is 1. The molecule has 1 atom stereocenters. The first-order valence-corrected chi connectivity index (χ1v) is 12.2. The molecule has 0 unspecified atom stereocenters. The van der Waals surface area contributed by atoms with Crippen LogP contribution in [0.25, 0.3) is 0 Å². The molecule has 2 aliphatic heterocycles. The molecule has 0 radical (unpaired) electrons. The van der Waals surface area contributed by atoms with Crippen LogP contribution in [0.4, 0.5) is 0 Å². The van der Waals surface area contributed by atoms with Gasteiger partial charge in [-0.15, -0.1) is 0 Å². The van der Waals surface area contributed by atoms with Crippen molar-refractivity contribution >= 4 is 17.7 Å². The molecule has 0 bridgehead atoms. The van der Waals surface area contributed by atoms with E-state index in [1.807, 2.05) is 13.1 Å². The number of nitrogens with two attached hydrogens (primary N) is 1. The third kappa shape index (κ3) is 4.87. The number of hydrogen-bond donors (Lipinski definition) is 1. The van der Waals surface area contributed by atoms with Crippen LogP contribution < -0.4 is 10.5 Å². The van der Waals surface area contributed by atoms with E-state index >= 15 is 0 Å². The Kier molecular flexibility index (Phi) is 7.49. The number of hydrogen-bond acceptors (Lipinski definition) is 10. The standard InChI is InChI=1S/C26H25N5O4S/c1-31-9-8-20-17(13-31)10-16(11-27)25(30-20)36-14-21-23(26(32)34-3)22(19(12-28)24(29)35-21)15-4-6-18(33-2)7-5-15/h4-7,10,22H,8-9,13-14,29H2,1-3H3/t22-/m0/s1. The second-order valence-corrected chi connectivity index (χ2v) is 9.33. The van der Waals surface area contributed by atoms with Gasteiger partial charge in [-0.1, -0.05) is 23.9 Å². The number of allylic oxidation sites excluding steroid dienone is 1. The van der Waals surface area contributed by atoms with Crippen molar-refractivity contribution in [2.45, 2.75) is 23.9 Å². The fraction of sp³-hybridized carbons (Fsp3) is 0.308. The van der Waals surface area contributed by atoms with E-state index in [4.69, 9.17) is 24.9 Å². The summed E-state index contributed by atoms with van der Waals surface area (Å²) < 4.78 is 16.1. The number of benzene rings is 1. The van der Waals surface area contributed by atoms with Gasteiger partial charge in [0.15, 0.2) is 0 Å². The zero-order chi connectivity index (χ0) is 25.8. The molecule has 36 heavy (non-hydrogen) atoms. The van der Waals surface area contributed by atoms with Crippen LogP contribution in [0.2, 0.25) is 0 Å². The number of aromatic nitrogens is 1. The number of methoxy groups -OCH3 is 2. The second-order valence-electron chi connectivity index (χ2n) is 8.36. The summed E-state index contributed by atoms with van der Waals surface area (Å²) >= 11 is 1.28. The van der Waals surface area contributed by atoms with Gasteiger partial charge in [0.1, 0.15) is 34.2 Å². The van der Waals surface area contributed by atoms with Gasteiger partial charge in [-0.05, 0) is 36.4 Å². The topological polar surface area (TPSA) is 134 Å². The van der Waals surface area contributed by atoms with Gasteiger partial charge in [-0.3, -0.25) is 0 Å². The predicted octanol–water partition coefficient (Wildman–Crippen LogP) is 2.98. The summed E-state index contributed by atoms with van der Waals surface area (Å²) in [7, 11) is 4.86. The maximum Gasteiger partial charge on any atom is 0.338 e. The van der Waals surface area contributed by atoms with Gasteiger partial charge < -0.3 is 24.8 Å². The third-order valence-corrected chi connectivity index (χ3v) is 7.13. The van der Waals surface area contributed by atoms with Gasteiger partial charge >= 0.3 is 5.97 Å². The van der Waals surface area contributed by atoms with Gasteiger partial charge in [0.2, 0.25) is 5.88 Å². The van der Waals surface area contributed by atoms with Crippen molar-refractivity contribution in [3.63, 3.8) is 0 Å². The number of esters is 1. The Balaban J connectivity index is 1.73. The molecule has 0 saturated carbocycles. The van der Waals surface area contributed by atoms with Crippen LogP contribution in [-0.4, -0.2) is 49.4 Å². The van der Waals surface area contributed by atoms with Crippen molar-refractivity contribution in [3.05, 3.63) is 75.5 Å². The summed E-state index contributed by atoms with van der Waals surface area (Å²) in [5.41, 5.74) is 9.55. The molecule has 1 aromatic heterocycles. The lowest BCUT2D eigenvalue weighted by Gasteiger charge is -2.28. The fourth-order valence-corrected chi connectivity index (χ4v) is 5.22. The van der Waals surface area contributed by atoms with Crippen LogP contribution in [-0.2, 0) is 27.2 Å². The molecule has 0 amide bonds. The molecule has 3 heterocycles. The van der Waals surface area contributed by atoms with Gasteiger partial charge in [-0.25, -0.2) is 9.78 Å². The molecule has 0 fully saturated rings. The Morgan fingerprint density at radius 3 is 2.67 bits per heavy atom. The van der Waals surface area contributed by atoms with Gasteiger partial charge in [-0.2, -0.15) is 10.5 Å². The van der Waals surface area contributed by atoms with E-state index in [0.717, 1.165) is 30.8 Å². The molecule has 4 rings (SSSR count). The average molecular weight is 504 g/mol. The SMILES string of the molecule is COC(=O)C1=C(CSc2nc3c(cc2C#N)CN(C)CC3)OC(N)=C(C#N)[C@@H]1c1ccc(OC)cc1. The van der Waals surface area contributed by atoms with Crippen LogP contribution in [0, 0.1) is 22.7 Å². The first-order valence-electron chi connectivity index (χ1n) is 11.2. The number of pyridine rings is 1. The summed E-state index contributed by atoms with van der Waals surface area (Å²) in [6.07, 6.45) is 0.790. The Hall–Kier alpha value is -3.99. The van der Waals surface area contributed by atoms with Crippen molar-refractivity contribution < 1.29 is 19.0 Å². The third-order valence-electron chi connectivity index (χ3n) is 6.14. The van der Waals surface area contributed by atoms with Crippen LogP contribution in [0.15, 0.2) is 58.1 Å². The monoisotopic (exact) mass is 503 g/mol. The molecule has 0 aliphatic carbocycles. The maximum atomic E-state index is 13.0. The molecule has 0 saturated heterocycles. The quantitative estimate of drug-likeness (QED) is 0.463. The highest BCUT2D eigenvalue weighted by atomic mass is 32.2. The largest absolute Gasteiger partial charge is 0.497 e. The predicted molar refractivity (Wildman–Crippen MR) is 132 cm³/mol. The minimum Gasteiger partial charge on any atom is -0.497 e. The minimum absolute atomic E-state index is 0.0801. The number of carbonyl (C=O) groups excluding carboxylic acids is 1. The van der Waals surface area contributed by atoms with Gasteiger partial charge in [0.05, 0.1) is 37.0 Å². The molecule has 0 spiro atoms. The molecular weight excluding hydrogens is 478 g/mol. The Morgan fingerprint density at radius 1 is 1.28 bits per heavy atom. The van der Waals surface area contributed by atoms with Crippen molar-refractivity contribution in [2.24, 2.45) is 5.73 Å². The highest BCUT2D eigenvalue weighted by molar-refractivity contribution is 7.99. The smallest absolute Gasteiger partial charge is 0.338 e. The van der Waals surface area contributed by atoms with Crippen molar-refractivity contribution in [3.8, 4) is 17.9 Å². The molecule has 10 heteroatoms. The zero-order valence-corrected chi connectivity index (χ0v) is 21.0. The lowest BCUT2D eigenvalue weighted by atomic mass is 9.83. The summed E-state index contributed by atoms with van der Waals surface area (Å²) in [6.45, 7) is 1.63. The number of thioether (sulfide) groups is 1. The molecular formula is C26H25N5O4S. The number of carbonyl (C=O) groups is 1. The van der Waals surface area contributed by atoms with E-state index in [2.05, 4.69) is 17.0 Å². The van der Waals surface area contributed by atoms with E-state index in [1.165, 1.54) is 18.9 Å². The lowest BCUT2D eigenvalue weighted by Crippen LogP contribution is -2.27. The van der Waals surface area contributed by atoms with E-state index in [-0.39, 0.29) is 28.5 Å². The normalized spacial score (nSPS) is 17.5. The van der Waals surface area contributed by atoms with Crippen LogP contribution >= 0.6 is 11.8 Å². The summed E-state index contributed by atoms with van der Waals surface area (Å²) in [6, 6.07) is 13.2. The molecule has 2 aliphatic rings. The Morgan fingerprint density at radius 2 is 2.03 bits per heavy atom. The molecule has 1 aromatic carbocycles. The molecule has 2 N–H and O–H groups in total. The summed E-state index contributed by atoms with van der Waals surface area (Å²) in [5, 5.41) is 20.1. The number of likely N-dealkylation sites (N-methyl/N-ethyl adjacent to an activating group) is 1. The number of nitrogens with zero attached hydrogens (tertiary/aromatic N) is 4. The summed E-state index contributed by atoms with van der Waals surface area (Å²) in [4.78, 5) is 19.9. The Bertz CT molecular complexity index is 1340. The molecule has 184 valence electrons. The van der Waals surface area contributed by atoms with E-state index in [9.17, 15) is 15.3 Å². The van der Waals surface area contributed by atoms with Crippen molar-refractivity contribution in [1.82, 2.24) is 9.88 Å². The van der Waals surface area contributed by atoms with Crippen LogP contribution in [0.1, 0.15) is 28.3 Å². The highest BCUT2D eigenvalue weighted by Gasteiger charge is 2.37. The lowest BCUT2D eigenvalue weighted by molar-refractivity contribution is -0.136. The van der Waals surface area contributed by atoms with E-state index in [1.54, 1.807) is 31.4 Å². The van der Waals surface area contributed by atoms with Crippen LogP contribution in [0.5, 0.6) is 5.75 Å². The maximum absolute atomic E-state index is 13.0. The van der Waals surface area contributed by atoms with Gasteiger partial charge in [0, 0.05) is 25.2 Å². The van der Waals surface area contributed by atoms with Gasteiger partial charge in [0.25, 0.3) is 0 Å². The minimum atomic E-state index is -0.778. The highest BCUT2D eigenvalue weighted by Crippen LogP contribution is 2.41. The average Bonchev–Trinajstić information content (AvgIpc) is 2.90. The summed E-state index contributed by atoms with van der Waals surface area (Å²) in [5.74, 6) is -0.435. The zero-order valence-electron chi connectivity index (χ0n) is 20.2. The Labute approximate surface area is 213 Å². The first kappa shape index (κ1) is 25.1. The number of nitriles is 2. The van der Waals surface area contributed by atoms with Crippen LogP contribution in [0.3, 0.4) is 0 Å². The molecule has 9 nitrogen and oxygen atoms in total. The fourth-order valence-electron chi connectivity index (χ4n) is 4.31. The van der Waals surface area contributed by atoms with Crippen molar-refractivity contribution in [1.29, 1.82) is 10.5 Å². The van der Waals surface area contributed by atoms with E-state index < -0.39 is 11.9 Å². The van der Waals surface area contributed by atoms with E-state index in [0.29, 0.717) is 21.9 Å². The second kappa shape index (κ2) is 10.7.